The van der Waals surface area contributed by atoms with Crippen LogP contribution in [0.5, 0.6) is 0 Å². The predicted molar refractivity (Wildman–Crippen MR) is 94.5 cm³/mol. The minimum atomic E-state index is -0.825. The average molecular weight is 352 g/mol. The number of hydrogen-bond donors (Lipinski definition) is 2. The molecule has 1 fully saturated rings. The molecule has 25 heavy (non-hydrogen) atoms. The van der Waals surface area contributed by atoms with E-state index < -0.39 is 11.6 Å². The van der Waals surface area contributed by atoms with Crippen molar-refractivity contribution in [3.8, 4) is 0 Å². The van der Waals surface area contributed by atoms with Crippen molar-refractivity contribution in [2.75, 3.05) is 32.7 Å². The molecule has 0 saturated carbocycles. The van der Waals surface area contributed by atoms with Gasteiger partial charge in [0.05, 0.1) is 0 Å². The van der Waals surface area contributed by atoms with Gasteiger partial charge in [0.25, 0.3) is 0 Å². The summed E-state index contributed by atoms with van der Waals surface area (Å²) < 4.78 is 26.8. The van der Waals surface area contributed by atoms with Gasteiger partial charge in [-0.2, -0.15) is 0 Å². The molecule has 0 spiro atoms. The van der Waals surface area contributed by atoms with Crippen LogP contribution in [0.15, 0.2) is 23.2 Å². The fourth-order valence-corrected chi connectivity index (χ4v) is 2.79. The van der Waals surface area contributed by atoms with E-state index in [4.69, 9.17) is 0 Å². The van der Waals surface area contributed by atoms with E-state index in [2.05, 4.69) is 15.6 Å². The highest BCUT2D eigenvalue weighted by Crippen LogP contribution is 2.11. The second-order valence-electron chi connectivity index (χ2n) is 5.99. The Morgan fingerprint density at radius 1 is 1.32 bits per heavy atom. The van der Waals surface area contributed by atoms with E-state index in [-0.39, 0.29) is 5.91 Å². The first-order chi connectivity index (χ1) is 12.1. The van der Waals surface area contributed by atoms with Gasteiger partial charge in [-0.25, -0.2) is 8.78 Å². The van der Waals surface area contributed by atoms with Gasteiger partial charge in [0.2, 0.25) is 5.91 Å². The molecule has 7 heteroatoms. The summed E-state index contributed by atoms with van der Waals surface area (Å²) in [6, 6.07) is 4.20. The number of guanidine groups is 1. The summed E-state index contributed by atoms with van der Waals surface area (Å²) in [5.74, 6) is -0.741. The molecule has 2 N–H and O–H groups in total. The summed E-state index contributed by atoms with van der Waals surface area (Å²) in [6.07, 6.45) is 2.78. The van der Waals surface area contributed by atoms with Gasteiger partial charge in [0.1, 0.15) is 0 Å². The van der Waals surface area contributed by atoms with Crippen molar-refractivity contribution in [3.05, 3.63) is 35.4 Å². The van der Waals surface area contributed by atoms with Crippen LogP contribution < -0.4 is 10.6 Å². The summed E-state index contributed by atoms with van der Waals surface area (Å²) in [7, 11) is 0. The highest BCUT2D eigenvalue weighted by Gasteiger charge is 2.18. The van der Waals surface area contributed by atoms with Crippen molar-refractivity contribution >= 4 is 11.9 Å². The molecule has 1 aliphatic rings. The molecule has 5 nitrogen and oxygen atoms in total. The smallest absolute Gasteiger partial charge is 0.222 e. The molecule has 0 aromatic heterocycles. The van der Waals surface area contributed by atoms with E-state index >= 15 is 0 Å². The molecule has 1 aromatic carbocycles. The van der Waals surface area contributed by atoms with Gasteiger partial charge in [0.15, 0.2) is 17.6 Å². The van der Waals surface area contributed by atoms with E-state index in [0.29, 0.717) is 44.0 Å². The zero-order chi connectivity index (χ0) is 18.1. The first-order valence-corrected chi connectivity index (χ1v) is 8.84. The SMILES string of the molecule is CCNC(=NCCCN1CCCC1=O)NCCc1cccc(F)c1F. The summed E-state index contributed by atoms with van der Waals surface area (Å²) >= 11 is 0. The van der Waals surface area contributed by atoms with Crippen molar-refractivity contribution < 1.29 is 13.6 Å². The molecule has 0 radical (unpaired) electrons. The van der Waals surface area contributed by atoms with E-state index in [9.17, 15) is 13.6 Å². The van der Waals surface area contributed by atoms with Gasteiger partial charge in [-0.1, -0.05) is 12.1 Å². The van der Waals surface area contributed by atoms with Gasteiger partial charge < -0.3 is 15.5 Å². The molecule has 0 aliphatic carbocycles. The number of aliphatic imine (C=N–C) groups is 1. The molecular weight excluding hydrogens is 326 g/mol. The summed E-state index contributed by atoms with van der Waals surface area (Å²) in [5, 5.41) is 6.24. The fourth-order valence-electron chi connectivity index (χ4n) is 2.79. The number of amides is 1. The number of benzene rings is 1. The number of rotatable bonds is 8. The minimum Gasteiger partial charge on any atom is -0.357 e. The number of nitrogens with zero attached hydrogens (tertiary/aromatic N) is 2. The van der Waals surface area contributed by atoms with Crippen LogP contribution in [0.3, 0.4) is 0 Å². The van der Waals surface area contributed by atoms with Crippen molar-refractivity contribution in [2.24, 2.45) is 4.99 Å². The third-order valence-corrected chi connectivity index (χ3v) is 4.09. The van der Waals surface area contributed by atoms with Crippen LogP contribution in [-0.4, -0.2) is 49.5 Å². The fraction of sp³-hybridized carbons (Fsp3) is 0.556. The highest BCUT2D eigenvalue weighted by atomic mass is 19.2. The Morgan fingerprint density at radius 2 is 2.16 bits per heavy atom. The Bertz CT molecular complexity index is 607. The molecule has 1 amide bonds. The quantitative estimate of drug-likeness (QED) is 0.428. The Labute approximate surface area is 147 Å². The van der Waals surface area contributed by atoms with Crippen LogP contribution in [0.1, 0.15) is 31.7 Å². The maximum atomic E-state index is 13.6. The lowest BCUT2D eigenvalue weighted by molar-refractivity contribution is -0.127. The molecule has 0 bridgehead atoms. The molecule has 1 aliphatic heterocycles. The van der Waals surface area contributed by atoms with E-state index in [0.717, 1.165) is 32.0 Å². The zero-order valence-corrected chi connectivity index (χ0v) is 14.7. The van der Waals surface area contributed by atoms with E-state index in [1.807, 2.05) is 11.8 Å². The van der Waals surface area contributed by atoms with Crippen molar-refractivity contribution in [1.82, 2.24) is 15.5 Å². The monoisotopic (exact) mass is 352 g/mol. The molecule has 2 rings (SSSR count). The summed E-state index contributed by atoms with van der Waals surface area (Å²) in [6.45, 7) is 5.32. The largest absolute Gasteiger partial charge is 0.357 e. The van der Waals surface area contributed by atoms with E-state index in [1.165, 1.54) is 6.07 Å². The van der Waals surface area contributed by atoms with Crippen LogP contribution in [0.25, 0.3) is 0 Å². The molecular formula is C18H26F2N4O. The van der Waals surface area contributed by atoms with Crippen LogP contribution >= 0.6 is 0 Å². The highest BCUT2D eigenvalue weighted by molar-refractivity contribution is 5.79. The van der Waals surface area contributed by atoms with Crippen LogP contribution in [0.4, 0.5) is 8.78 Å². The Hall–Kier alpha value is -2.18. The Kier molecular flexibility index (Phi) is 7.63. The predicted octanol–water partition coefficient (Wildman–Crippen LogP) is 2.07. The van der Waals surface area contributed by atoms with Crippen molar-refractivity contribution in [2.45, 2.75) is 32.6 Å². The average Bonchev–Trinajstić information content (AvgIpc) is 3.00. The van der Waals surface area contributed by atoms with Gasteiger partial charge >= 0.3 is 0 Å². The molecule has 1 heterocycles. The number of carbonyl (C=O) groups is 1. The third-order valence-electron chi connectivity index (χ3n) is 4.09. The number of carbonyl (C=O) groups excluding carboxylic acids is 1. The normalized spacial score (nSPS) is 14.9. The summed E-state index contributed by atoms with van der Waals surface area (Å²) in [4.78, 5) is 17.9. The molecule has 138 valence electrons. The maximum absolute atomic E-state index is 13.6. The van der Waals surface area contributed by atoms with Crippen molar-refractivity contribution in [3.63, 3.8) is 0 Å². The molecule has 1 aromatic rings. The van der Waals surface area contributed by atoms with Gasteiger partial charge in [-0.05, 0) is 37.8 Å². The van der Waals surface area contributed by atoms with E-state index in [1.54, 1.807) is 6.07 Å². The van der Waals surface area contributed by atoms with Gasteiger partial charge in [-0.3, -0.25) is 9.79 Å². The first-order valence-electron chi connectivity index (χ1n) is 8.84. The second kappa shape index (κ2) is 9.96. The number of likely N-dealkylation sites (tertiary alicyclic amines) is 1. The second-order valence-corrected chi connectivity index (χ2v) is 5.99. The summed E-state index contributed by atoms with van der Waals surface area (Å²) in [5.41, 5.74) is 0.343. The lowest BCUT2D eigenvalue weighted by atomic mass is 10.1. The van der Waals surface area contributed by atoms with Crippen LogP contribution in [0, 0.1) is 11.6 Å². The zero-order valence-electron chi connectivity index (χ0n) is 14.7. The Morgan fingerprint density at radius 3 is 2.88 bits per heavy atom. The minimum absolute atomic E-state index is 0.228. The van der Waals surface area contributed by atoms with Crippen LogP contribution in [0.2, 0.25) is 0 Å². The van der Waals surface area contributed by atoms with Gasteiger partial charge in [0, 0.05) is 39.1 Å². The molecule has 1 saturated heterocycles. The first kappa shape index (κ1) is 19.1. The third kappa shape index (κ3) is 5.99. The number of nitrogens with one attached hydrogen (secondary N) is 2. The van der Waals surface area contributed by atoms with Crippen molar-refractivity contribution in [1.29, 1.82) is 0 Å². The Balaban J connectivity index is 1.75. The number of hydrogen-bond acceptors (Lipinski definition) is 2. The topological polar surface area (TPSA) is 56.7 Å². The molecule has 0 atom stereocenters. The lowest BCUT2D eigenvalue weighted by Crippen LogP contribution is -2.38. The maximum Gasteiger partial charge on any atom is 0.222 e. The number of halogens is 2. The standard InChI is InChI=1S/C18H26F2N4O/c1-2-21-18(22-10-5-13-24-12-4-8-16(24)25)23-11-9-14-6-3-7-15(19)17(14)20/h3,6-7H,2,4-5,8-13H2,1H3,(H2,21,22,23). The molecule has 0 unspecified atom stereocenters. The van der Waals surface area contributed by atoms with Crippen LogP contribution in [-0.2, 0) is 11.2 Å². The lowest BCUT2D eigenvalue weighted by Gasteiger charge is -2.15. The van der Waals surface area contributed by atoms with Gasteiger partial charge in [-0.15, -0.1) is 0 Å².